The Morgan fingerprint density at radius 3 is 2.50 bits per heavy atom. The quantitative estimate of drug-likeness (QED) is 0.785. The van der Waals surface area contributed by atoms with E-state index < -0.39 is 0 Å². The van der Waals surface area contributed by atoms with E-state index in [-0.39, 0.29) is 5.91 Å². The summed E-state index contributed by atoms with van der Waals surface area (Å²) in [5.41, 5.74) is 0. The van der Waals surface area contributed by atoms with Gasteiger partial charge in [-0.2, -0.15) is 0 Å². The van der Waals surface area contributed by atoms with Crippen LogP contribution in [0.3, 0.4) is 0 Å². The highest BCUT2D eigenvalue weighted by Gasteiger charge is 2.20. The van der Waals surface area contributed by atoms with Gasteiger partial charge >= 0.3 is 0 Å². The lowest BCUT2D eigenvalue weighted by Crippen LogP contribution is -2.33. The summed E-state index contributed by atoms with van der Waals surface area (Å²) in [4.78, 5) is 11.9. The monoisotopic (exact) mass is 280 g/mol. The smallest absolute Gasteiger partial charge is 0.220 e. The van der Waals surface area contributed by atoms with E-state index in [1.54, 1.807) is 0 Å². The minimum Gasteiger partial charge on any atom is -0.356 e. The van der Waals surface area contributed by atoms with E-state index in [1.807, 2.05) is 0 Å². The molecule has 2 fully saturated rings. The number of rotatable bonds is 6. The van der Waals surface area contributed by atoms with Gasteiger partial charge in [0, 0.05) is 13.0 Å². The Hall–Kier alpha value is -0.570. The predicted molar refractivity (Wildman–Crippen MR) is 83.6 cm³/mol. The summed E-state index contributed by atoms with van der Waals surface area (Å²) in [5.74, 6) is 2.67. The molecular formula is C17H32N2O. The fraction of sp³-hybridized carbons (Fsp3) is 0.941. The molecule has 0 aromatic heterocycles. The third-order valence-electron chi connectivity index (χ3n) is 5.31. The lowest BCUT2D eigenvalue weighted by molar-refractivity contribution is -0.121. The van der Waals surface area contributed by atoms with E-state index in [4.69, 9.17) is 0 Å². The van der Waals surface area contributed by atoms with Gasteiger partial charge in [-0.3, -0.25) is 4.79 Å². The molecule has 20 heavy (non-hydrogen) atoms. The van der Waals surface area contributed by atoms with E-state index in [9.17, 15) is 4.79 Å². The highest BCUT2D eigenvalue weighted by atomic mass is 16.1. The largest absolute Gasteiger partial charge is 0.356 e. The van der Waals surface area contributed by atoms with E-state index in [0.717, 1.165) is 50.2 Å². The van der Waals surface area contributed by atoms with Gasteiger partial charge in [0.25, 0.3) is 0 Å². The molecule has 0 aromatic carbocycles. The van der Waals surface area contributed by atoms with Crippen LogP contribution in [0, 0.1) is 17.8 Å². The first-order chi connectivity index (χ1) is 9.78. The van der Waals surface area contributed by atoms with E-state index >= 15 is 0 Å². The van der Waals surface area contributed by atoms with Crippen LogP contribution in [0.2, 0.25) is 0 Å². The Bertz CT molecular complexity index is 279. The van der Waals surface area contributed by atoms with Crippen molar-refractivity contribution in [3.05, 3.63) is 0 Å². The first-order valence-electron chi connectivity index (χ1n) is 8.75. The number of amides is 1. The van der Waals surface area contributed by atoms with Gasteiger partial charge in [0.1, 0.15) is 0 Å². The Balaban J connectivity index is 1.53. The SMILES string of the molecule is CCC1CCC(CNC(=O)CCC2CCCNC2)CC1. The average molecular weight is 280 g/mol. The zero-order valence-electron chi connectivity index (χ0n) is 13.1. The minimum atomic E-state index is 0.271. The van der Waals surface area contributed by atoms with Crippen molar-refractivity contribution in [2.75, 3.05) is 19.6 Å². The Morgan fingerprint density at radius 2 is 1.85 bits per heavy atom. The summed E-state index contributed by atoms with van der Waals surface area (Å²) in [6, 6.07) is 0. The van der Waals surface area contributed by atoms with E-state index in [2.05, 4.69) is 17.6 Å². The van der Waals surface area contributed by atoms with Crippen LogP contribution in [-0.2, 0) is 4.79 Å². The highest BCUT2D eigenvalue weighted by Crippen LogP contribution is 2.30. The van der Waals surface area contributed by atoms with Crippen LogP contribution < -0.4 is 10.6 Å². The van der Waals surface area contributed by atoms with Crippen LogP contribution in [0.1, 0.15) is 64.7 Å². The van der Waals surface area contributed by atoms with Gasteiger partial charge in [-0.05, 0) is 62.9 Å². The van der Waals surface area contributed by atoms with Crippen LogP contribution >= 0.6 is 0 Å². The number of carbonyl (C=O) groups excluding carboxylic acids is 1. The lowest BCUT2D eigenvalue weighted by atomic mass is 9.81. The maximum atomic E-state index is 11.9. The standard InChI is InChI=1S/C17H32N2O/c1-2-14-5-7-16(8-6-14)13-19-17(20)10-9-15-4-3-11-18-12-15/h14-16,18H,2-13H2,1H3,(H,19,20). The third kappa shape index (κ3) is 5.43. The Labute approximate surface area is 124 Å². The van der Waals surface area contributed by atoms with Crippen molar-refractivity contribution in [1.29, 1.82) is 0 Å². The van der Waals surface area contributed by atoms with Gasteiger partial charge in [-0.25, -0.2) is 0 Å². The number of hydrogen-bond acceptors (Lipinski definition) is 2. The number of carbonyl (C=O) groups is 1. The van der Waals surface area contributed by atoms with Crippen molar-refractivity contribution in [3.8, 4) is 0 Å². The molecule has 1 amide bonds. The predicted octanol–water partition coefficient (Wildman–Crippen LogP) is 3.10. The molecule has 0 radical (unpaired) electrons. The molecule has 2 aliphatic rings. The molecule has 0 aromatic rings. The van der Waals surface area contributed by atoms with Gasteiger partial charge in [0.2, 0.25) is 5.91 Å². The first kappa shape index (κ1) is 15.8. The Kier molecular flexibility index (Phi) is 6.85. The molecule has 0 spiro atoms. The summed E-state index contributed by atoms with van der Waals surface area (Å²) < 4.78 is 0. The zero-order chi connectivity index (χ0) is 14.2. The van der Waals surface area contributed by atoms with Crippen LogP contribution in [0.25, 0.3) is 0 Å². The van der Waals surface area contributed by atoms with E-state index in [0.29, 0.717) is 0 Å². The average Bonchev–Trinajstić information content (AvgIpc) is 2.52. The second-order valence-electron chi connectivity index (χ2n) is 6.85. The molecule has 3 nitrogen and oxygen atoms in total. The molecule has 2 rings (SSSR count). The molecule has 1 aliphatic heterocycles. The molecule has 2 N–H and O–H groups in total. The van der Waals surface area contributed by atoms with Gasteiger partial charge in [-0.15, -0.1) is 0 Å². The Morgan fingerprint density at radius 1 is 1.10 bits per heavy atom. The second-order valence-corrected chi connectivity index (χ2v) is 6.85. The van der Waals surface area contributed by atoms with Crippen molar-refractivity contribution in [2.24, 2.45) is 17.8 Å². The van der Waals surface area contributed by atoms with Crippen molar-refractivity contribution in [3.63, 3.8) is 0 Å². The number of nitrogens with one attached hydrogen (secondary N) is 2. The lowest BCUT2D eigenvalue weighted by Gasteiger charge is -2.28. The first-order valence-corrected chi connectivity index (χ1v) is 8.75. The molecule has 1 saturated heterocycles. The van der Waals surface area contributed by atoms with Crippen LogP contribution in [-0.4, -0.2) is 25.5 Å². The summed E-state index contributed by atoms with van der Waals surface area (Å²) in [7, 11) is 0. The van der Waals surface area contributed by atoms with Crippen LogP contribution in [0.15, 0.2) is 0 Å². The van der Waals surface area contributed by atoms with Crippen LogP contribution in [0.4, 0.5) is 0 Å². The van der Waals surface area contributed by atoms with Gasteiger partial charge in [0.05, 0.1) is 0 Å². The molecule has 1 saturated carbocycles. The molecule has 1 heterocycles. The molecule has 3 heteroatoms. The van der Waals surface area contributed by atoms with Gasteiger partial charge < -0.3 is 10.6 Å². The third-order valence-corrected chi connectivity index (χ3v) is 5.31. The maximum Gasteiger partial charge on any atom is 0.220 e. The molecule has 1 atom stereocenters. The fourth-order valence-electron chi connectivity index (χ4n) is 3.70. The van der Waals surface area contributed by atoms with Crippen molar-refractivity contribution < 1.29 is 4.79 Å². The topological polar surface area (TPSA) is 41.1 Å². The molecule has 1 unspecified atom stereocenters. The normalized spacial score (nSPS) is 30.9. The van der Waals surface area contributed by atoms with Gasteiger partial charge in [-0.1, -0.05) is 26.2 Å². The maximum absolute atomic E-state index is 11.9. The highest BCUT2D eigenvalue weighted by molar-refractivity contribution is 5.75. The second kappa shape index (κ2) is 8.66. The van der Waals surface area contributed by atoms with Crippen molar-refractivity contribution in [2.45, 2.75) is 64.7 Å². The summed E-state index contributed by atoms with van der Waals surface area (Å²) in [6.07, 6.45) is 11.0. The van der Waals surface area contributed by atoms with Crippen molar-refractivity contribution in [1.82, 2.24) is 10.6 Å². The van der Waals surface area contributed by atoms with Crippen molar-refractivity contribution >= 4 is 5.91 Å². The molecule has 1 aliphatic carbocycles. The summed E-state index contributed by atoms with van der Waals surface area (Å²) in [6.45, 7) is 5.47. The number of hydrogen-bond donors (Lipinski definition) is 2. The van der Waals surface area contributed by atoms with Gasteiger partial charge in [0.15, 0.2) is 0 Å². The molecular weight excluding hydrogens is 248 g/mol. The summed E-state index contributed by atoms with van der Waals surface area (Å²) in [5, 5.41) is 6.59. The summed E-state index contributed by atoms with van der Waals surface area (Å²) >= 11 is 0. The molecule has 0 bridgehead atoms. The number of piperidine rings is 1. The zero-order valence-corrected chi connectivity index (χ0v) is 13.1. The van der Waals surface area contributed by atoms with E-state index in [1.165, 1.54) is 44.9 Å². The fourth-order valence-corrected chi connectivity index (χ4v) is 3.70. The minimum absolute atomic E-state index is 0.271. The van der Waals surface area contributed by atoms with Crippen LogP contribution in [0.5, 0.6) is 0 Å². The molecule has 116 valence electrons.